The number of likely N-dealkylation sites (tertiary alicyclic amines) is 1. The van der Waals surface area contributed by atoms with Crippen LogP contribution < -0.4 is 5.32 Å². The summed E-state index contributed by atoms with van der Waals surface area (Å²) < 4.78 is 13.3. The first-order chi connectivity index (χ1) is 12.9. The first-order valence-electron chi connectivity index (χ1n) is 9.26. The lowest BCUT2D eigenvalue weighted by Gasteiger charge is -2.39. The molecule has 1 heterocycles. The van der Waals surface area contributed by atoms with Crippen LogP contribution in [0, 0.1) is 18.2 Å². The van der Waals surface area contributed by atoms with Crippen LogP contribution >= 0.6 is 0 Å². The molecule has 0 aliphatic carbocycles. The molecule has 0 aromatic heterocycles. The van der Waals surface area contributed by atoms with Crippen LogP contribution in [-0.2, 0) is 11.3 Å². The van der Waals surface area contributed by atoms with Crippen molar-refractivity contribution in [3.8, 4) is 0 Å². The van der Waals surface area contributed by atoms with Crippen molar-refractivity contribution in [3.05, 3.63) is 71.0 Å². The third kappa shape index (κ3) is 4.54. The minimum absolute atomic E-state index is 0.0393. The van der Waals surface area contributed by atoms with Crippen LogP contribution in [0.15, 0.2) is 48.5 Å². The number of piperidine rings is 1. The average molecular weight is 368 g/mol. The van der Waals surface area contributed by atoms with Gasteiger partial charge in [-0.1, -0.05) is 29.8 Å². The fourth-order valence-corrected chi connectivity index (χ4v) is 3.60. The van der Waals surface area contributed by atoms with Gasteiger partial charge >= 0.3 is 0 Å². The zero-order valence-electron chi connectivity index (χ0n) is 15.8. The Labute approximate surface area is 159 Å². The maximum Gasteiger partial charge on any atom is 0.253 e. The molecule has 1 atom stereocenters. The van der Waals surface area contributed by atoms with Gasteiger partial charge in [-0.05, 0) is 56.5 Å². The van der Waals surface area contributed by atoms with E-state index in [0.29, 0.717) is 18.7 Å². The number of carbonyl (C=O) groups is 2. The first-order valence-corrected chi connectivity index (χ1v) is 9.26. The first kappa shape index (κ1) is 19.1. The summed E-state index contributed by atoms with van der Waals surface area (Å²) in [6.07, 6.45) is 1.50. The Balaban J connectivity index is 1.66. The van der Waals surface area contributed by atoms with Crippen LogP contribution in [0.25, 0.3) is 0 Å². The summed E-state index contributed by atoms with van der Waals surface area (Å²) in [7, 11) is 0. The minimum atomic E-state index is -0.648. The van der Waals surface area contributed by atoms with E-state index in [1.807, 2.05) is 38.1 Å². The van der Waals surface area contributed by atoms with Crippen molar-refractivity contribution in [1.29, 1.82) is 0 Å². The highest BCUT2D eigenvalue weighted by Gasteiger charge is 2.39. The fourth-order valence-electron chi connectivity index (χ4n) is 3.60. The molecule has 2 amide bonds. The molecule has 5 heteroatoms. The maximum absolute atomic E-state index is 13.3. The highest BCUT2D eigenvalue weighted by Crippen LogP contribution is 2.30. The van der Waals surface area contributed by atoms with Crippen LogP contribution in [0.4, 0.5) is 4.39 Å². The molecule has 1 aliphatic rings. The summed E-state index contributed by atoms with van der Waals surface area (Å²) >= 11 is 0. The van der Waals surface area contributed by atoms with E-state index in [1.54, 1.807) is 17.0 Å². The molecule has 27 heavy (non-hydrogen) atoms. The number of aryl methyl sites for hydroxylation is 1. The Morgan fingerprint density at radius 3 is 2.70 bits per heavy atom. The van der Waals surface area contributed by atoms with E-state index in [1.165, 1.54) is 12.1 Å². The second-order valence-corrected chi connectivity index (χ2v) is 7.57. The van der Waals surface area contributed by atoms with Crippen molar-refractivity contribution in [2.75, 3.05) is 13.1 Å². The Bertz CT molecular complexity index is 852. The number of nitrogens with zero attached hydrogens (tertiary/aromatic N) is 1. The SMILES string of the molecule is Cc1cccc(C(=O)N2CCC[C@@](C)(C(=O)NCc3cccc(F)c3)C2)c1. The van der Waals surface area contributed by atoms with E-state index in [-0.39, 0.29) is 24.2 Å². The lowest BCUT2D eigenvalue weighted by Crippen LogP contribution is -2.51. The Kier molecular flexibility index (Phi) is 5.59. The van der Waals surface area contributed by atoms with Gasteiger partial charge in [-0.25, -0.2) is 4.39 Å². The van der Waals surface area contributed by atoms with Crippen molar-refractivity contribution in [3.63, 3.8) is 0 Å². The molecule has 1 fully saturated rings. The Morgan fingerprint density at radius 1 is 1.19 bits per heavy atom. The highest BCUT2D eigenvalue weighted by atomic mass is 19.1. The lowest BCUT2D eigenvalue weighted by molar-refractivity contribution is -0.132. The molecule has 4 nitrogen and oxygen atoms in total. The number of nitrogens with one attached hydrogen (secondary N) is 1. The van der Waals surface area contributed by atoms with Gasteiger partial charge in [0.15, 0.2) is 0 Å². The number of hydrogen-bond acceptors (Lipinski definition) is 2. The standard InChI is InChI=1S/C22H25FN2O2/c1-16-6-3-8-18(12-16)20(26)25-11-5-10-22(2,15-25)21(27)24-14-17-7-4-9-19(23)13-17/h3-4,6-9,12-13H,5,10-11,14-15H2,1-2H3,(H,24,27)/t22-/m1/s1. The topological polar surface area (TPSA) is 49.4 Å². The van der Waals surface area contributed by atoms with Gasteiger partial charge in [0, 0.05) is 25.2 Å². The van der Waals surface area contributed by atoms with Gasteiger partial charge in [-0.2, -0.15) is 0 Å². The summed E-state index contributed by atoms with van der Waals surface area (Å²) in [5, 5.41) is 2.90. The second kappa shape index (κ2) is 7.91. The molecule has 1 N–H and O–H groups in total. The Hall–Kier alpha value is -2.69. The molecular weight excluding hydrogens is 343 g/mol. The molecule has 0 bridgehead atoms. The molecule has 0 radical (unpaired) electrons. The number of carbonyl (C=O) groups excluding carboxylic acids is 2. The van der Waals surface area contributed by atoms with Crippen LogP contribution in [0.2, 0.25) is 0 Å². The smallest absolute Gasteiger partial charge is 0.253 e. The van der Waals surface area contributed by atoms with Gasteiger partial charge in [0.05, 0.1) is 5.41 Å². The van der Waals surface area contributed by atoms with Gasteiger partial charge in [-0.15, -0.1) is 0 Å². The molecule has 0 spiro atoms. The molecule has 3 rings (SSSR count). The number of amides is 2. The quantitative estimate of drug-likeness (QED) is 0.895. The van der Waals surface area contributed by atoms with Crippen LogP contribution in [0.3, 0.4) is 0 Å². The predicted octanol–water partition coefficient (Wildman–Crippen LogP) is 3.69. The van der Waals surface area contributed by atoms with Crippen LogP contribution in [0.5, 0.6) is 0 Å². The molecule has 2 aromatic carbocycles. The molecule has 2 aromatic rings. The molecule has 1 aliphatic heterocycles. The summed E-state index contributed by atoms with van der Waals surface area (Å²) in [6, 6.07) is 13.7. The van der Waals surface area contributed by atoms with Crippen molar-refractivity contribution < 1.29 is 14.0 Å². The number of hydrogen-bond donors (Lipinski definition) is 1. The van der Waals surface area contributed by atoms with Crippen molar-refractivity contribution in [2.24, 2.45) is 5.41 Å². The normalized spacial score (nSPS) is 19.6. The van der Waals surface area contributed by atoms with Crippen LogP contribution in [0.1, 0.15) is 41.3 Å². The van der Waals surface area contributed by atoms with Crippen molar-refractivity contribution in [2.45, 2.75) is 33.2 Å². The number of halogens is 1. The third-order valence-corrected chi connectivity index (χ3v) is 5.14. The fraction of sp³-hybridized carbons (Fsp3) is 0.364. The van der Waals surface area contributed by atoms with E-state index in [0.717, 1.165) is 24.0 Å². The van der Waals surface area contributed by atoms with Crippen molar-refractivity contribution >= 4 is 11.8 Å². The number of benzene rings is 2. The number of rotatable bonds is 4. The van der Waals surface area contributed by atoms with Gasteiger partial charge in [-0.3, -0.25) is 9.59 Å². The second-order valence-electron chi connectivity index (χ2n) is 7.57. The largest absolute Gasteiger partial charge is 0.351 e. The van der Waals surface area contributed by atoms with Gasteiger partial charge < -0.3 is 10.2 Å². The molecular formula is C22H25FN2O2. The van der Waals surface area contributed by atoms with Gasteiger partial charge in [0.2, 0.25) is 5.91 Å². The van der Waals surface area contributed by atoms with Gasteiger partial charge in [0.1, 0.15) is 5.82 Å². The van der Waals surface area contributed by atoms with Crippen LogP contribution in [-0.4, -0.2) is 29.8 Å². The molecule has 0 unspecified atom stereocenters. The summed E-state index contributed by atoms with van der Waals surface area (Å²) in [5.74, 6) is -0.461. The van der Waals surface area contributed by atoms with E-state index in [2.05, 4.69) is 5.32 Å². The molecule has 0 saturated carbocycles. The molecule has 1 saturated heterocycles. The zero-order valence-corrected chi connectivity index (χ0v) is 15.8. The van der Waals surface area contributed by atoms with E-state index in [9.17, 15) is 14.0 Å². The highest BCUT2D eigenvalue weighted by molar-refractivity contribution is 5.95. The summed E-state index contributed by atoms with van der Waals surface area (Å²) in [4.78, 5) is 27.4. The van der Waals surface area contributed by atoms with E-state index >= 15 is 0 Å². The summed E-state index contributed by atoms with van der Waals surface area (Å²) in [6.45, 7) is 5.16. The summed E-state index contributed by atoms with van der Waals surface area (Å²) in [5.41, 5.74) is 1.76. The monoisotopic (exact) mass is 368 g/mol. The maximum atomic E-state index is 13.3. The molecule has 142 valence electrons. The lowest BCUT2D eigenvalue weighted by atomic mass is 9.80. The third-order valence-electron chi connectivity index (χ3n) is 5.14. The van der Waals surface area contributed by atoms with Gasteiger partial charge in [0.25, 0.3) is 5.91 Å². The average Bonchev–Trinajstić information content (AvgIpc) is 2.65. The Morgan fingerprint density at radius 2 is 1.96 bits per heavy atom. The predicted molar refractivity (Wildman–Crippen MR) is 103 cm³/mol. The van der Waals surface area contributed by atoms with E-state index < -0.39 is 5.41 Å². The minimum Gasteiger partial charge on any atom is -0.351 e. The van der Waals surface area contributed by atoms with E-state index in [4.69, 9.17) is 0 Å². The zero-order chi connectivity index (χ0) is 19.4. The van der Waals surface area contributed by atoms with Crippen molar-refractivity contribution in [1.82, 2.24) is 10.2 Å².